The third-order valence-electron chi connectivity index (χ3n) is 5.35. The number of pyridine rings is 1. The van der Waals surface area contributed by atoms with Gasteiger partial charge in [-0.25, -0.2) is 4.98 Å². The van der Waals surface area contributed by atoms with Gasteiger partial charge in [-0.3, -0.25) is 9.48 Å². The van der Waals surface area contributed by atoms with Gasteiger partial charge in [0.15, 0.2) is 5.65 Å². The van der Waals surface area contributed by atoms with E-state index in [9.17, 15) is 18.0 Å². The molecule has 7 nitrogen and oxygen atoms in total. The Morgan fingerprint density at radius 2 is 2.06 bits per heavy atom. The number of amides is 1. The normalized spacial score (nSPS) is 16.6. The predicted octanol–water partition coefficient (Wildman–Crippen LogP) is 3.01. The molecule has 0 radical (unpaired) electrons. The Morgan fingerprint density at radius 3 is 2.68 bits per heavy atom. The number of carbonyl (C=O) groups excluding carboxylic acids is 1. The highest BCUT2D eigenvalue weighted by Crippen LogP contribution is 2.33. The second-order valence-corrected chi connectivity index (χ2v) is 7.48. The van der Waals surface area contributed by atoms with Crippen LogP contribution in [-0.4, -0.2) is 53.6 Å². The number of rotatable bonds is 5. The molecule has 1 fully saturated rings. The quantitative estimate of drug-likeness (QED) is 0.647. The van der Waals surface area contributed by atoms with Gasteiger partial charge < -0.3 is 15.4 Å². The summed E-state index contributed by atoms with van der Waals surface area (Å²) < 4.78 is 44.9. The number of hydrogen-bond donors (Lipinski definition) is 2. The standard InChI is InChI=1S/C21H22F3N5O2/c1-29-19-17(18(28-29)13-7-8-25-10-13)15(20(30)26-11-21(22,23)24)9-16(27-19)12-3-5-14(31-2)6-4-12/h3-6,9,13,25H,7-8,10-11H2,1-2H3,(H,26,30). The highest BCUT2D eigenvalue weighted by atomic mass is 19.4. The molecule has 3 heterocycles. The molecule has 0 spiro atoms. The molecule has 1 aliphatic heterocycles. The molecule has 1 saturated heterocycles. The monoisotopic (exact) mass is 433 g/mol. The smallest absolute Gasteiger partial charge is 0.405 e. The van der Waals surface area contributed by atoms with Gasteiger partial charge in [0.05, 0.1) is 29.4 Å². The van der Waals surface area contributed by atoms with Gasteiger partial charge in [0.25, 0.3) is 5.91 Å². The number of hydrogen-bond acceptors (Lipinski definition) is 5. The largest absolute Gasteiger partial charge is 0.497 e. The van der Waals surface area contributed by atoms with E-state index in [2.05, 4.69) is 15.4 Å². The maximum absolute atomic E-state index is 12.9. The molecule has 4 rings (SSSR count). The van der Waals surface area contributed by atoms with Crippen molar-refractivity contribution in [3.05, 3.63) is 41.6 Å². The average Bonchev–Trinajstić information content (AvgIpc) is 3.39. The van der Waals surface area contributed by atoms with Crippen molar-refractivity contribution in [1.29, 1.82) is 0 Å². The topological polar surface area (TPSA) is 81.1 Å². The van der Waals surface area contributed by atoms with E-state index in [1.807, 2.05) is 5.32 Å². The minimum Gasteiger partial charge on any atom is -0.497 e. The molecule has 164 valence electrons. The lowest BCUT2D eigenvalue weighted by Crippen LogP contribution is -2.34. The van der Waals surface area contributed by atoms with Crippen molar-refractivity contribution in [3.8, 4) is 17.0 Å². The molecule has 10 heteroatoms. The number of methoxy groups -OCH3 is 1. The van der Waals surface area contributed by atoms with Gasteiger partial charge in [0, 0.05) is 25.1 Å². The van der Waals surface area contributed by atoms with Crippen LogP contribution in [0.4, 0.5) is 13.2 Å². The fourth-order valence-corrected chi connectivity index (χ4v) is 3.82. The third-order valence-corrected chi connectivity index (χ3v) is 5.35. The lowest BCUT2D eigenvalue weighted by atomic mass is 9.98. The van der Waals surface area contributed by atoms with Crippen molar-refractivity contribution in [2.75, 3.05) is 26.7 Å². The molecule has 0 saturated carbocycles. The predicted molar refractivity (Wildman–Crippen MR) is 109 cm³/mol. The number of alkyl halides is 3. The molecule has 0 aliphatic carbocycles. The number of halogens is 3. The van der Waals surface area contributed by atoms with Gasteiger partial charge in [0.1, 0.15) is 12.3 Å². The van der Waals surface area contributed by atoms with Crippen molar-refractivity contribution in [3.63, 3.8) is 0 Å². The zero-order valence-corrected chi connectivity index (χ0v) is 17.1. The van der Waals surface area contributed by atoms with Crippen LogP contribution in [0, 0.1) is 0 Å². The van der Waals surface area contributed by atoms with Gasteiger partial charge in [-0.2, -0.15) is 18.3 Å². The van der Waals surface area contributed by atoms with Crippen LogP contribution >= 0.6 is 0 Å². The second-order valence-electron chi connectivity index (χ2n) is 7.48. The first-order valence-electron chi connectivity index (χ1n) is 9.84. The number of aryl methyl sites for hydroxylation is 1. The highest BCUT2D eigenvalue weighted by Gasteiger charge is 2.31. The Labute approximate surface area is 176 Å². The minimum absolute atomic E-state index is 0.0616. The fraction of sp³-hybridized carbons (Fsp3) is 0.381. The maximum atomic E-state index is 12.9. The van der Waals surface area contributed by atoms with Crippen LogP contribution < -0.4 is 15.4 Å². The molecule has 1 aliphatic rings. The van der Waals surface area contributed by atoms with Crippen LogP contribution in [0.3, 0.4) is 0 Å². The zero-order valence-electron chi connectivity index (χ0n) is 17.1. The molecule has 1 aromatic carbocycles. The Morgan fingerprint density at radius 1 is 1.32 bits per heavy atom. The summed E-state index contributed by atoms with van der Waals surface area (Å²) in [5.41, 5.74) is 2.43. The first-order chi connectivity index (χ1) is 14.8. The lowest BCUT2D eigenvalue weighted by molar-refractivity contribution is -0.123. The van der Waals surface area contributed by atoms with Gasteiger partial charge in [0.2, 0.25) is 0 Å². The van der Waals surface area contributed by atoms with Crippen LogP contribution in [0.1, 0.15) is 28.4 Å². The van der Waals surface area contributed by atoms with Crippen molar-refractivity contribution in [1.82, 2.24) is 25.4 Å². The lowest BCUT2D eigenvalue weighted by Gasteiger charge is -2.12. The summed E-state index contributed by atoms with van der Waals surface area (Å²) in [6.07, 6.45) is -3.68. The highest BCUT2D eigenvalue weighted by molar-refractivity contribution is 6.07. The molecule has 0 bridgehead atoms. The summed E-state index contributed by atoms with van der Waals surface area (Å²) in [6, 6.07) is 8.60. The first-order valence-corrected chi connectivity index (χ1v) is 9.84. The third kappa shape index (κ3) is 4.34. The number of aromatic nitrogens is 3. The SMILES string of the molecule is COc1ccc(-c2cc(C(=O)NCC(F)(F)F)c3c(C4CCNC4)nn(C)c3n2)cc1. The second kappa shape index (κ2) is 8.18. The van der Waals surface area contributed by atoms with Crippen LogP contribution in [0.5, 0.6) is 5.75 Å². The summed E-state index contributed by atoms with van der Waals surface area (Å²) >= 11 is 0. The summed E-state index contributed by atoms with van der Waals surface area (Å²) in [6.45, 7) is 0.0970. The number of nitrogens with zero attached hydrogens (tertiary/aromatic N) is 3. The molecule has 1 amide bonds. The molecule has 2 aromatic heterocycles. The number of ether oxygens (including phenoxy) is 1. The van der Waals surface area contributed by atoms with Crippen molar-refractivity contribution >= 4 is 16.9 Å². The van der Waals surface area contributed by atoms with Crippen molar-refractivity contribution in [2.24, 2.45) is 7.05 Å². The Bertz CT molecular complexity index is 1100. The van der Waals surface area contributed by atoms with E-state index in [1.54, 1.807) is 43.1 Å². The average molecular weight is 433 g/mol. The molecule has 1 atom stereocenters. The van der Waals surface area contributed by atoms with E-state index < -0.39 is 18.6 Å². The maximum Gasteiger partial charge on any atom is 0.405 e. The summed E-state index contributed by atoms with van der Waals surface area (Å²) in [7, 11) is 3.27. The molecule has 2 N–H and O–H groups in total. The number of nitrogens with one attached hydrogen (secondary N) is 2. The van der Waals surface area contributed by atoms with E-state index in [0.717, 1.165) is 13.0 Å². The number of fused-ring (bicyclic) bond motifs is 1. The summed E-state index contributed by atoms with van der Waals surface area (Å²) in [4.78, 5) is 17.5. The van der Waals surface area contributed by atoms with Gasteiger partial charge in [-0.05, 0) is 43.3 Å². The first kappa shape index (κ1) is 21.1. The Hall–Kier alpha value is -3.14. The molecule has 3 aromatic rings. The van der Waals surface area contributed by atoms with Gasteiger partial charge in [-0.1, -0.05) is 0 Å². The van der Waals surface area contributed by atoms with Crippen molar-refractivity contribution < 1.29 is 22.7 Å². The summed E-state index contributed by atoms with van der Waals surface area (Å²) in [5.74, 6) is -0.0873. The molecule has 1 unspecified atom stereocenters. The van der Waals surface area contributed by atoms with Crippen LogP contribution in [0.15, 0.2) is 30.3 Å². The molecular formula is C21H22F3N5O2. The number of benzene rings is 1. The molecule has 31 heavy (non-hydrogen) atoms. The minimum atomic E-state index is -4.51. The zero-order chi connectivity index (χ0) is 22.2. The Kier molecular flexibility index (Phi) is 5.57. The van der Waals surface area contributed by atoms with Crippen molar-refractivity contribution in [2.45, 2.75) is 18.5 Å². The fourth-order valence-electron chi connectivity index (χ4n) is 3.82. The van der Waals surface area contributed by atoms with Crippen LogP contribution in [0.25, 0.3) is 22.3 Å². The molecular weight excluding hydrogens is 411 g/mol. The van der Waals surface area contributed by atoms with E-state index in [1.165, 1.54) is 6.07 Å². The van der Waals surface area contributed by atoms with Gasteiger partial charge in [-0.15, -0.1) is 0 Å². The van der Waals surface area contributed by atoms with Crippen LogP contribution in [0.2, 0.25) is 0 Å². The van der Waals surface area contributed by atoms with Crippen LogP contribution in [-0.2, 0) is 7.05 Å². The number of carbonyl (C=O) groups is 1. The van der Waals surface area contributed by atoms with Gasteiger partial charge >= 0.3 is 6.18 Å². The van der Waals surface area contributed by atoms with E-state index in [4.69, 9.17) is 4.74 Å². The van der Waals surface area contributed by atoms with E-state index >= 15 is 0 Å². The van der Waals surface area contributed by atoms with E-state index in [-0.39, 0.29) is 11.5 Å². The van der Waals surface area contributed by atoms with E-state index in [0.29, 0.717) is 40.3 Å². The summed E-state index contributed by atoms with van der Waals surface area (Å²) in [5, 5.41) is 10.3. The Balaban J connectivity index is 1.85.